The Kier molecular flexibility index (Phi) is 4.72. The summed E-state index contributed by atoms with van der Waals surface area (Å²) in [5, 5.41) is 0. The standard InChI is InChI=1S/C12H23/c1-3-11(4-2)10-12-8-6-5-7-9-12/h11H,3-10H2,1-2H3. The molecular formula is C12H23. The Labute approximate surface area is 77.7 Å². The van der Waals surface area contributed by atoms with Crippen LogP contribution in [0.1, 0.15) is 65.2 Å². The Morgan fingerprint density at radius 3 is 2.08 bits per heavy atom. The van der Waals surface area contributed by atoms with Crippen molar-refractivity contribution in [2.75, 3.05) is 0 Å². The monoisotopic (exact) mass is 167 g/mol. The average molecular weight is 167 g/mol. The summed E-state index contributed by atoms with van der Waals surface area (Å²) in [6.07, 6.45) is 11.5. The maximum atomic E-state index is 2.33. The fourth-order valence-electron chi connectivity index (χ4n) is 2.24. The highest BCUT2D eigenvalue weighted by Gasteiger charge is 2.16. The van der Waals surface area contributed by atoms with E-state index in [-0.39, 0.29) is 0 Å². The van der Waals surface area contributed by atoms with Gasteiger partial charge in [0.1, 0.15) is 0 Å². The van der Waals surface area contributed by atoms with Crippen LogP contribution in [0.3, 0.4) is 0 Å². The minimum atomic E-state index is 0.984. The first-order valence-corrected chi connectivity index (χ1v) is 5.70. The minimum Gasteiger partial charge on any atom is -0.0651 e. The first-order chi connectivity index (χ1) is 5.86. The fraction of sp³-hybridized carbons (Fsp3) is 0.917. The molecule has 0 unspecified atom stereocenters. The van der Waals surface area contributed by atoms with Gasteiger partial charge in [-0.3, -0.25) is 0 Å². The Morgan fingerprint density at radius 2 is 1.58 bits per heavy atom. The van der Waals surface area contributed by atoms with Crippen molar-refractivity contribution in [3.05, 3.63) is 5.92 Å². The van der Waals surface area contributed by atoms with Gasteiger partial charge in [0.2, 0.25) is 0 Å². The zero-order valence-electron chi connectivity index (χ0n) is 8.73. The third kappa shape index (κ3) is 3.16. The Hall–Kier alpha value is 0. The predicted octanol–water partition coefficient (Wildman–Crippen LogP) is 4.35. The molecule has 0 aliphatic heterocycles. The second-order valence-corrected chi connectivity index (χ2v) is 4.20. The first-order valence-electron chi connectivity index (χ1n) is 5.70. The number of hydrogen-bond acceptors (Lipinski definition) is 0. The second-order valence-electron chi connectivity index (χ2n) is 4.20. The maximum absolute atomic E-state index is 2.33. The lowest BCUT2D eigenvalue weighted by Gasteiger charge is -2.24. The smallest absolute Gasteiger partial charge is 0.0238 e. The van der Waals surface area contributed by atoms with E-state index < -0.39 is 0 Å². The highest BCUT2D eigenvalue weighted by molar-refractivity contribution is 4.93. The quantitative estimate of drug-likeness (QED) is 0.584. The molecule has 1 fully saturated rings. The zero-order chi connectivity index (χ0) is 8.81. The van der Waals surface area contributed by atoms with Crippen LogP contribution in [0.2, 0.25) is 0 Å². The number of rotatable bonds is 4. The molecule has 0 nitrogen and oxygen atoms in total. The van der Waals surface area contributed by atoms with Crippen LogP contribution in [0.25, 0.3) is 0 Å². The van der Waals surface area contributed by atoms with Gasteiger partial charge < -0.3 is 0 Å². The molecule has 0 amide bonds. The third-order valence-electron chi connectivity index (χ3n) is 3.29. The molecule has 12 heavy (non-hydrogen) atoms. The van der Waals surface area contributed by atoms with E-state index in [1.165, 1.54) is 51.4 Å². The summed E-state index contributed by atoms with van der Waals surface area (Å²) in [4.78, 5) is 0. The highest BCUT2D eigenvalue weighted by Crippen LogP contribution is 2.32. The maximum Gasteiger partial charge on any atom is -0.0238 e. The molecule has 1 saturated carbocycles. The van der Waals surface area contributed by atoms with Crippen LogP contribution in [0.4, 0.5) is 0 Å². The molecule has 0 aromatic rings. The lowest BCUT2D eigenvalue weighted by Crippen LogP contribution is -2.09. The van der Waals surface area contributed by atoms with Gasteiger partial charge >= 0.3 is 0 Å². The van der Waals surface area contributed by atoms with E-state index in [4.69, 9.17) is 0 Å². The molecule has 0 aromatic carbocycles. The Morgan fingerprint density at radius 1 is 1.00 bits per heavy atom. The predicted molar refractivity (Wildman–Crippen MR) is 55.0 cm³/mol. The van der Waals surface area contributed by atoms with Crippen molar-refractivity contribution in [1.82, 2.24) is 0 Å². The molecule has 1 rings (SSSR count). The molecule has 0 heteroatoms. The Bertz CT molecular complexity index is 96.6. The van der Waals surface area contributed by atoms with Crippen LogP contribution in [0.15, 0.2) is 0 Å². The van der Waals surface area contributed by atoms with Crippen molar-refractivity contribution in [2.24, 2.45) is 5.92 Å². The summed E-state index contributed by atoms with van der Waals surface area (Å²) >= 11 is 0. The molecular weight excluding hydrogens is 144 g/mol. The SMILES string of the molecule is CCC(CC)C[C]1CCCCC1. The van der Waals surface area contributed by atoms with Gasteiger partial charge in [-0.2, -0.15) is 0 Å². The summed E-state index contributed by atoms with van der Waals surface area (Å²) in [6.45, 7) is 4.66. The summed E-state index contributed by atoms with van der Waals surface area (Å²) in [7, 11) is 0. The van der Waals surface area contributed by atoms with Crippen LogP contribution in [0.5, 0.6) is 0 Å². The van der Waals surface area contributed by atoms with Gasteiger partial charge in [0.15, 0.2) is 0 Å². The van der Waals surface area contributed by atoms with Crippen molar-refractivity contribution in [2.45, 2.75) is 65.2 Å². The molecule has 1 aliphatic rings. The van der Waals surface area contributed by atoms with Gasteiger partial charge in [0.25, 0.3) is 0 Å². The van der Waals surface area contributed by atoms with Crippen molar-refractivity contribution in [3.8, 4) is 0 Å². The molecule has 0 bridgehead atoms. The summed E-state index contributed by atoms with van der Waals surface area (Å²) in [5.74, 6) is 2.85. The molecule has 71 valence electrons. The number of hydrogen-bond donors (Lipinski definition) is 0. The minimum absolute atomic E-state index is 0.984. The summed E-state index contributed by atoms with van der Waals surface area (Å²) in [5.41, 5.74) is 0. The molecule has 1 radical (unpaired) electrons. The van der Waals surface area contributed by atoms with Crippen LogP contribution >= 0.6 is 0 Å². The van der Waals surface area contributed by atoms with Gasteiger partial charge in [-0.15, -0.1) is 0 Å². The molecule has 0 aromatic heterocycles. The molecule has 0 saturated heterocycles. The molecule has 1 aliphatic carbocycles. The third-order valence-corrected chi connectivity index (χ3v) is 3.29. The van der Waals surface area contributed by atoms with E-state index in [1.54, 1.807) is 0 Å². The first kappa shape index (κ1) is 10.1. The topological polar surface area (TPSA) is 0 Å². The normalized spacial score (nSPS) is 20.2. The fourth-order valence-corrected chi connectivity index (χ4v) is 2.24. The van der Waals surface area contributed by atoms with Crippen LogP contribution in [-0.4, -0.2) is 0 Å². The van der Waals surface area contributed by atoms with Gasteiger partial charge in [-0.05, 0) is 31.1 Å². The summed E-state index contributed by atoms with van der Waals surface area (Å²) < 4.78 is 0. The van der Waals surface area contributed by atoms with Crippen LogP contribution in [0, 0.1) is 11.8 Å². The van der Waals surface area contributed by atoms with Crippen LogP contribution < -0.4 is 0 Å². The zero-order valence-corrected chi connectivity index (χ0v) is 8.73. The lowest BCUT2D eigenvalue weighted by atomic mass is 9.81. The highest BCUT2D eigenvalue weighted by atomic mass is 14.2. The van der Waals surface area contributed by atoms with E-state index in [0.717, 1.165) is 5.92 Å². The van der Waals surface area contributed by atoms with Gasteiger partial charge in [-0.25, -0.2) is 0 Å². The molecule has 0 heterocycles. The molecule has 0 atom stereocenters. The van der Waals surface area contributed by atoms with Crippen molar-refractivity contribution >= 4 is 0 Å². The Balaban J connectivity index is 2.18. The second kappa shape index (κ2) is 5.61. The van der Waals surface area contributed by atoms with E-state index >= 15 is 0 Å². The summed E-state index contributed by atoms with van der Waals surface area (Å²) in [6, 6.07) is 0. The van der Waals surface area contributed by atoms with Gasteiger partial charge in [-0.1, -0.05) is 46.0 Å². The van der Waals surface area contributed by atoms with Gasteiger partial charge in [0.05, 0.1) is 0 Å². The van der Waals surface area contributed by atoms with Crippen LogP contribution in [-0.2, 0) is 0 Å². The van der Waals surface area contributed by atoms with Crippen molar-refractivity contribution in [1.29, 1.82) is 0 Å². The van der Waals surface area contributed by atoms with Gasteiger partial charge in [0, 0.05) is 0 Å². The molecule has 0 spiro atoms. The van der Waals surface area contributed by atoms with Crippen molar-refractivity contribution < 1.29 is 0 Å². The van der Waals surface area contributed by atoms with E-state index in [1.807, 2.05) is 5.92 Å². The average Bonchev–Trinajstić information content (AvgIpc) is 2.16. The largest absolute Gasteiger partial charge is 0.0651 e. The van der Waals surface area contributed by atoms with E-state index in [0.29, 0.717) is 0 Å². The van der Waals surface area contributed by atoms with E-state index in [9.17, 15) is 0 Å². The van der Waals surface area contributed by atoms with E-state index in [2.05, 4.69) is 13.8 Å². The molecule has 0 N–H and O–H groups in total. The van der Waals surface area contributed by atoms with Crippen molar-refractivity contribution in [3.63, 3.8) is 0 Å². The lowest BCUT2D eigenvalue weighted by molar-refractivity contribution is 0.408.